The fraction of sp³-hybridized carbons (Fsp3) is 0.444. The molecular weight excluding hydrogens is 386 g/mol. The first-order valence-electron chi connectivity index (χ1n) is 9.04. The molecule has 146 valence electrons. The minimum absolute atomic E-state index is 0.147. The molecule has 0 aliphatic carbocycles. The molecule has 1 fully saturated rings. The van der Waals surface area contributed by atoms with Gasteiger partial charge in [-0.25, -0.2) is 18.1 Å². The van der Waals surface area contributed by atoms with Crippen LogP contribution in [-0.2, 0) is 10.0 Å². The highest BCUT2D eigenvalue weighted by atomic mass is 35.5. The Kier molecular flexibility index (Phi) is 6.51. The summed E-state index contributed by atoms with van der Waals surface area (Å²) in [6.07, 6.45) is 3.62. The molecule has 2 heterocycles. The SMILES string of the molecule is Cc1cc(N2CCCCC2)nc(NCCNS(=O)(=O)c2cccc(Cl)c2)n1. The van der Waals surface area contributed by atoms with E-state index in [0.29, 0.717) is 17.5 Å². The maximum absolute atomic E-state index is 12.3. The molecule has 1 saturated heterocycles. The van der Waals surface area contributed by atoms with Crippen molar-refractivity contribution in [3.8, 4) is 0 Å². The number of halogens is 1. The van der Waals surface area contributed by atoms with Crippen LogP contribution in [0.5, 0.6) is 0 Å². The third-order valence-corrected chi connectivity index (χ3v) is 6.02. The second kappa shape index (κ2) is 8.86. The molecule has 0 radical (unpaired) electrons. The molecule has 1 aromatic heterocycles. The average Bonchev–Trinajstić information content (AvgIpc) is 2.66. The molecule has 1 aliphatic rings. The van der Waals surface area contributed by atoms with E-state index in [0.717, 1.165) is 24.6 Å². The van der Waals surface area contributed by atoms with Crippen LogP contribution in [0.15, 0.2) is 35.2 Å². The Hall–Kier alpha value is -1.90. The number of piperidine rings is 1. The van der Waals surface area contributed by atoms with Crippen molar-refractivity contribution < 1.29 is 8.42 Å². The molecule has 0 atom stereocenters. The molecule has 1 aromatic carbocycles. The zero-order valence-electron chi connectivity index (χ0n) is 15.3. The summed E-state index contributed by atoms with van der Waals surface area (Å²) in [5.74, 6) is 1.43. The fourth-order valence-corrected chi connectivity index (χ4v) is 4.33. The lowest BCUT2D eigenvalue weighted by Crippen LogP contribution is -2.31. The Morgan fingerprint density at radius 3 is 2.63 bits per heavy atom. The number of anilines is 2. The number of nitrogens with zero attached hydrogens (tertiary/aromatic N) is 3. The first-order chi connectivity index (χ1) is 12.9. The van der Waals surface area contributed by atoms with E-state index in [2.05, 4.69) is 24.9 Å². The topological polar surface area (TPSA) is 87.2 Å². The second-order valence-corrected chi connectivity index (χ2v) is 8.72. The van der Waals surface area contributed by atoms with Crippen molar-refractivity contribution in [2.24, 2.45) is 0 Å². The zero-order valence-corrected chi connectivity index (χ0v) is 16.9. The predicted molar refractivity (Wildman–Crippen MR) is 108 cm³/mol. The van der Waals surface area contributed by atoms with E-state index >= 15 is 0 Å². The highest BCUT2D eigenvalue weighted by Crippen LogP contribution is 2.19. The standard InChI is InChI=1S/C18H24ClN5O2S/c1-14-12-17(24-10-3-2-4-11-24)23-18(22-14)20-8-9-21-27(25,26)16-7-5-6-15(19)13-16/h5-7,12-13,21H,2-4,8-11H2,1H3,(H,20,22,23). The molecule has 0 bridgehead atoms. The molecule has 7 nitrogen and oxygen atoms in total. The van der Waals surface area contributed by atoms with Crippen LogP contribution in [0.25, 0.3) is 0 Å². The van der Waals surface area contributed by atoms with Crippen LogP contribution in [0.2, 0.25) is 5.02 Å². The maximum atomic E-state index is 12.3. The van der Waals surface area contributed by atoms with Crippen molar-refractivity contribution >= 4 is 33.4 Å². The first kappa shape index (κ1) is 19.9. The van der Waals surface area contributed by atoms with Crippen LogP contribution >= 0.6 is 11.6 Å². The van der Waals surface area contributed by atoms with Gasteiger partial charge in [-0.05, 0) is 44.4 Å². The van der Waals surface area contributed by atoms with Crippen molar-refractivity contribution in [1.29, 1.82) is 0 Å². The van der Waals surface area contributed by atoms with Gasteiger partial charge in [0.15, 0.2) is 0 Å². The molecule has 0 saturated carbocycles. The zero-order chi connectivity index (χ0) is 19.3. The first-order valence-corrected chi connectivity index (χ1v) is 10.9. The summed E-state index contributed by atoms with van der Waals surface area (Å²) in [5, 5.41) is 3.48. The molecule has 0 amide bonds. The second-order valence-electron chi connectivity index (χ2n) is 6.52. The Balaban J connectivity index is 1.56. The lowest BCUT2D eigenvalue weighted by Gasteiger charge is -2.28. The van der Waals surface area contributed by atoms with Crippen molar-refractivity contribution in [3.63, 3.8) is 0 Å². The number of hydrogen-bond donors (Lipinski definition) is 2. The van der Waals surface area contributed by atoms with Gasteiger partial charge < -0.3 is 10.2 Å². The Morgan fingerprint density at radius 1 is 1.11 bits per heavy atom. The Bertz CT molecular complexity index is 885. The smallest absolute Gasteiger partial charge is 0.240 e. The summed E-state index contributed by atoms with van der Waals surface area (Å²) >= 11 is 5.86. The molecule has 3 rings (SSSR count). The van der Waals surface area contributed by atoms with Crippen molar-refractivity contribution in [3.05, 3.63) is 41.0 Å². The quantitative estimate of drug-likeness (QED) is 0.684. The van der Waals surface area contributed by atoms with Crippen LogP contribution in [0.4, 0.5) is 11.8 Å². The van der Waals surface area contributed by atoms with Crippen molar-refractivity contribution in [2.45, 2.75) is 31.1 Å². The van der Waals surface area contributed by atoms with E-state index in [1.807, 2.05) is 13.0 Å². The summed E-state index contributed by atoms with van der Waals surface area (Å²) in [6, 6.07) is 8.16. The third-order valence-electron chi connectivity index (χ3n) is 4.33. The van der Waals surface area contributed by atoms with Crippen molar-refractivity contribution in [1.82, 2.24) is 14.7 Å². The third kappa shape index (κ3) is 5.54. The molecule has 1 aliphatic heterocycles. The lowest BCUT2D eigenvalue weighted by molar-refractivity contribution is 0.573. The van der Waals surface area contributed by atoms with Crippen LogP contribution in [0.1, 0.15) is 25.0 Å². The van der Waals surface area contributed by atoms with Crippen LogP contribution < -0.4 is 14.9 Å². The normalized spacial score (nSPS) is 15.0. The van der Waals surface area contributed by atoms with Gasteiger partial charge in [-0.1, -0.05) is 17.7 Å². The van der Waals surface area contributed by atoms with Gasteiger partial charge in [0.25, 0.3) is 0 Å². The molecule has 27 heavy (non-hydrogen) atoms. The van der Waals surface area contributed by atoms with Crippen LogP contribution in [0, 0.1) is 6.92 Å². The summed E-state index contributed by atoms with van der Waals surface area (Å²) in [5.41, 5.74) is 0.882. The number of hydrogen-bond acceptors (Lipinski definition) is 6. The van der Waals surface area contributed by atoms with E-state index in [4.69, 9.17) is 11.6 Å². The summed E-state index contributed by atoms with van der Waals surface area (Å²) in [6.45, 7) is 4.54. The van der Waals surface area contributed by atoms with Gasteiger partial charge in [0, 0.05) is 43.0 Å². The Morgan fingerprint density at radius 2 is 1.89 bits per heavy atom. The van der Waals surface area contributed by atoms with Gasteiger partial charge in [-0.3, -0.25) is 0 Å². The summed E-state index contributed by atoms with van der Waals surface area (Å²) in [7, 11) is -3.59. The van der Waals surface area contributed by atoms with Gasteiger partial charge in [0.05, 0.1) is 4.90 Å². The van der Waals surface area contributed by atoms with Gasteiger partial charge in [0.1, 0.15) is 5.82 Å². The molecule has 9 heteroatoms. The van der Waals surface area contributed by atoms with Gasteiger partial charge in [0.2, 0.25) is 16.0 Å². The summed E-state index contributed by atoms with van der Waals surface area (Å²) in [4.78, 5) is 11.4. The van der Waals surface area contributed by atoms with Crippen LogP contribution in [-0.4, -0.2) is 44.6 Å². The molecule has 2 N–H and O–H groups in total. The van der Waals surface area contributed by atoms with E-state index < -0.39 is 10.0 Å². The predicted octanol–water partition coefficient (Wildman–Crippen LogP) is 2.82. The molecule has 2 aromatic rings. The fourth-order valence-electron chi connectivity index (χ4n) is 2.99. The highest BCUT2D eigenvalue weighted by Gasteiger charge is 2.15. The average molecular weight is 410 g/mol. The van der Waals surface area contributed by atoms with E-state index in [9.17, 15) is 8.42 Å². The monoisotopic (exact) mass is 409 g/mol. The van der Waals surface area contributed by atoms with E-state index in [-0.39, 0.29) is 11.4 Å². The lowest BCUT2D eigenvalue weighted by atomic mass is 10.1. The number of benzene rings is 1. The Labute approximate surface area is 165 Å². The minimum atomic E-state index is -3.59. The van der Waals surface area contributed by atoms with Crippen molar-refractivity contribution in [2.75, 3.05) is 36.4 Å². The number of aryl methyl sites for hydroxylation is 1. The number of sulfonamides is 1. The largest absolute Gasteiger partial charge is 0.356 e. The number of nitrogens with one attached hydrogen (secondary N) is 2. The van der Waals surface area contributed by atoms with Gasteiger partial charge >= 0.3 is 0 Å². The van der Waals surface area contributed by atoms with Crippen LogP contribution in [0.3, 0.4) is 0 Å². The van der Waals surface area contributed by atoms with E-state index in [1.165, 1.54) is 31.4 Å². The van der Waals surface area contributed by atoms with E-state index in [1.54, 1.807) is 12.1 Å². The minimum Gasteiger partial charge on any atom is -0.356 e. The highest BCUT2D eigenvalue weighted by molar-refractivity contribution is 7.89. The van der Waals surface area contributed by atoms with Gasteiger partial charge in [-0.15, -0.1) is 0 Å². The number of aromatic nitrogens is 2. The maximum Gasteiger partial charge on any atom is 0.240 e. The van der Waals surface area contributed by atoms with Gasteiger partial charge in [-0.2, -0.15) is 4.98 Å². The number of rotatable bonds is 7. The molecule has 0 unspecified atom stereocenters. The molecule has 0 spiro atoms. The summed E-state index contributed by atoms with van der Waals surface area (Å²) < 4.78 is 27.1. The molecular formula is C18H24ClN5O2S.